The number of aromatic nitrogens is 2. The number of carboxylic acids is 1. The molecule has 0 radical (unpaired) electrons. The van der Waals surface area contributed by atoms with Crippen LogP contribution in [0.5, 0.6) is 0 Å². The third-order valence-electron chi connectivity index (χ3n) is 3.83. The molecule has 1 unspecified atom stereocenters. The molecule has 1 aliphatic heterocycles. The highest BCUT2D eigenvalue weighted by atomic mass is 16.4. The van der Waals surface area contributed by atoms with Gasteiger partial charge >= 0.3 is 5.97 Å². The molecule has 1 fully saturated rings. The average Bonchev–Trinajstić information content (AvgIpc) is 2.80. The number of pyridine rings is 1. The van der Waals surface area contributed by atoms with E-state index in [1.54, 1.807) is 22.6 Å². The van der Waals surface area contributed by atoms with Gasteiger partial charge < -0.3 is 16.2 Å². The SMILES string of the molecule is Nc1cccc2c(C(=O)O)nc(CC3CCCNC3)n12. The number of nitrogen functional groups attached to an aromatic ring is 1. The minimum Gasteiger partial charge on any atom is -0.476 e. The van der Waals surface area contributed by atoms with E-state index >= 15 is 0 Å². The molecule has 2 aromatic heterocycles. The number of fused-ring (bicyclic) bond motifs is 1. The molecule has 0 spiro atoms. The molecule has 4 N–H and O–H groups in total. The number of nitrogens with zero attached hydrogens (tertiary/aromatic N) is 2. The van der Waals surface area contributed by atoms with Crippen LogP contribution in [0.15, 0.2) is 18.2 Å². The van der Waals surface area contributed by atoms with Crippen molar-refractivity contribution in [3.05, 3.63) is 29.7 Å². The molecule has 0 aliphatic carbocycles. The van der Waals surface area contributed by atoms with Crippen LogP contribution in [-0.2, 0) is 6.42 Å². The summed E-state index contributed by atoms with van der Waals surface area (Å²) in [5.41, 5.74) is 6.64. The summed E-state index contributed by atoms with van der Waals surface area (Å²) in [6.45, 7) is 2.01. The summed E-state index contributed by atoms with van der Waals surface area (Å²) in [4.78, 5) is 15.6. The quantitative estimate of drug-likeness (QED) is 0.781. The van der Waals surface area contributed by atoms with E-state index in [1.165, 1.54) is 0 Å². The molecule has 1 aliphatic rings. The Bertz CT molecular complexity index is 644. The first-order chi connectivity index (χ1) is 9.66. The van der Waals surface area contributed by atoms with Crippen LogP contribution in [-0.4, -0.2) is 33.6 Å². The zero-order valence-electron chi connectivity index (χ0n) is 11.2. The second-order valence-corrected chi connectivity index (χ2v) is 5.27. The van der Waals surface area contributed by atoms with Crippen molar-refractivity contribution < 1.29 is 9.90 Å². The molecule has 0 bridgehead atoms. The predicted octanol–water partition coefficient (Wildman–Crippen LogP) is 1.16. The van der Waals surface area contributed by atoms with E-state index in [4.69, 9.17) is 5.73 Å². The van der Waals surface area contributed by atoms with Crippen molar-refractivity contribution in [3.63, 3.8) is 0 Å². The molecule has 106 valence electrons. The topological polar surface area (TPSA) is 92.7 Å². The number of nitrogens with two attached hydrogens (primary N) is 1. The number of aromatic carboxylic acids is 1. The summed E-state index contributed by atoms with van der Waals surface area (Å²) in [7, 11) is 0. The molecule has 20 heavy (non-hydrogen) atoms. The van der Waals surface area contributed by atoms with Crippen LogP contribution in [0.1, 0.15) is 29.2 Å². The van der Waals surface area contributed by atoms with E-state index in [9.17, 15) is 9.90 Å². The van der Waals surface area contributed by atoms with Gasteiger partial charge in [0.05, 0.1) is 5.52 Å². The van der Waals surface area contributed by atoms with Gasteiger partial charge in [0, 0.05) is 6.42 Å². The van der Waals surface area contributed by atoms with E-state index in [0.29, 0.717) is 17.3 Å². The maximum absolute atomic E-state index is 11.3. The standard InChI is InChI=1S/C14H18N4O2/c15-11-5-1-4-10-13(14(19)20)17-12(18(10)11)7-9-3-2-6-16-8-9/h1,4-5,9,16H,2-3,6-8,15H2,(H,19,20). The van der Waals surface area contributed by atoms with Gasteiger partial charge in [-0.15, -0.1) is 0 Å². The molecule has 6 heteroatoms. The van der Waals surface area contributed by atoms with E-state index in [0.717, 1.165) is 38.2 Å². The van der Waals surface area contributed by atoms with Crippen molar-refractivity contribution in [1.82, 2.24) is 14.7 Å². The monoisotopic (exact) mass is 274 g/mol. The highest BCUT2D eigenvalue weighted by Crippen LogP contribution is 2.22. The van der Waals surface area contributed by atoms with Crippen LogP contribution in [0.3, 0.4) is 0 Å². The lowest BCUT2D eigenvalue weighted by molar-refractivity contribution is 0.0693. The number of hydrogen-bond acceptors (Lipinski definition) is 4. The predicted molar refractivity (Wildman–Crippen MR) is 75.9 cm³/mol. The summed E-state index contributed by atoms with van der Waals surface area (Å²) in [5, 5.41) is 12.6. The second-order valence-electron chi connectivity index (χ2n) is 5.27. The molecule has 0 aromatic carbocycles. The average molecular weight is 274 g/mol. The highest BCUT2D eigenvalue weighted by molar-refractivity contribution is 5.94. The lowest BCUT2D eigenvalue weighted by Crippen LogP contribution is -2.31. The fourth-order valence-corrected chi connectivity index (χ4v) is 2.89. The van der Waals surface area contributed by atoms with Gasteiger partial charge in [0.2, 0.25) is 0 Å². The van der Waals surface area contributed by atoms with Crippen LogP contribution in [0, 0.1) is 5.92 Å². The van der Waals surface area contributed by atoms with Gasteiger partial charge in [-0.1, -0.05) is 6.07 Å². The number of carboxylic acid groups (broad SMARTS) is 1. The van der Waals surface area contributed by atoms with Crippen LogP contribution in [0.2, 0.25) is 0 Å². The first-order valence-electron chi connectivity index (χ1n) is 6.86. The first-order valence-corrected chi connectivity index (χ1v) is 6.86. The number of carbonyl (C=O) groups is 1. The largest absolute Gasteiger partial charge is 0.476 e. The molecule has 0 amide bonds. The van der Waals surface area contributed by atoms with Crippen molar-refractivity contribution in [2.75, 3.05) is 18.8 Å². The Morgan fingerprint density at radius 2 is 2.40 bits per heavy atom. The van der Waals surface area contributed by atoms with Crippen LogP contribution in [0.25, 0.3) is 5.52 Å². The molecule has 6 nitrogen and oxygen atoms in total. The molecular formula is C14H18N4O2. The van der Waals surface area contributed by atoms with Crippen molar-refractivity contribution >= 4 is 17.3 Å². The Balaban J connectivity index is 2.03. The van der Waals surface area contributed by atoms with Crippen molar-refractivity contribution in [2.24, 2.45) is 5.92 Å². The van der Waals surface area contributed by atoms with Crippen LogP contribution < -0.4 is 11.1 Å². The number of nitrogens with one attached hydrogen (secondary N) is 1. The van der Waals surface area contributed by atoms with Crippen molar-refractivity contribution in [1.29, 1.82) is 0 Å². The summed E-state index contributed by atoms with van der Waals surface area (Å²) in [5.74, 6) is 0.738. The summed E-state index contributed by atoms with van der Waals surface area (Å²) in [6, 6.07) is 5.27. The van der Waals surface area contributed by atoms with Gasteiger partial charge in [-0.3, -0.25) is 4.40 Å². The third kappa shape index (κ3) is 2.22. The number of hydrogen-bond donors (Lipinski definition) is 3. The van der Waals surface area contributed by atoms with Crippen LogP contribution in [0.4, 0.5) is 5.82 Å². The van der Waals surface area contributed by atoms with Crippen molar-refractivity contribution in [2.45, 2.75) is 19.3 Å². The van der Waals surface area contributed by atoms with Gasteiger partial charge in [0.25, 0.3) is 0 Å². The Kier molecular flexibility index (Phi) is 3.31. The molecule has 2 aromatic rings. The number of anilines is 1. The van der Waals surface area contributed by atoms with Gasteiger partial charge in [0.1, 0.15) is 11.6 Å². The fourth-order valence-electron chi connectivity index (χ4n) is 2.89. The van der Waals surface area contributed by atoms with Gasteiger partial charge in [-0.05, 0) is 44.0 Å². The smallest absolute Gasteiger partial charge is 0.356 e. The Labute approximate surface area is 116 Å². The number of imidazole rings is 1. The Morgan fingerprint density at radius 3 is 3.10 bits per heavy atom. The molecule has 3 heterocycles. The summed E-state index contributed by atoms with van der Waals surface area (Å²) in [6.07, 6.45) is 3.03. The third-order valence-corrected chi connectivity index (χ3v) is 3.83. The maximum atomic E-state index is 11.3. The van der Waals surface area contributed by atoms with E-state index in [1.807, 2.05) is 0 Å². The van der Waals surface area contributed by atoms with E-state index < -0.39 is 5.97 Å². The summed E-state index contributed by atoms with van der Waals surface area (Å²) >= 11 is 0. The fraction of sp³-hybridized carbons (Fsp3) is 0.429. The first kappa shape index (κ1) is 12.9. The van der Waals surface area contributed by atoms with Crippen LogP contribution >= 0.6 is 0 Å². The molecule has 1 atom stereocenters. The summed E-state index contributed by atoms with van der Waals surface area (Å²) < 4.78 is 1.76. The minimum atomic E-state index is -1.01. The number of piperidine rings is 1. The zero-order valence-corrected chi connectivity index (χ0v) is 11.2. The Hall–Kier alpha value is -2.08. The Morgan fingerprint density at radius 1 is 1.55 bits per heavy atom. The second kappa shape index (κ2) is 5.13. The molecule has 0 saturated carbocycles. The van der Waals surface area contributed by atoms with Gasteiger partial charge in [-0.2, -0.15) is 0 Å². The normalized spacial score (nSPS) is 19.3. The lowest BCUT2D eigenvalue weighted by atomic mass is 9.96. The van der Waals surface area contributed by atoms with E-state index in [2.05, 4.69) is 10.3 Å². The minimum absolute atomic E-state index is 0.0797. The molecular weight excluding hydrogens is 256 g/mol. The maximum Gasteiger partial charge on any atom is 0.356 e. The van der Waals surface area contributed by atoms with Gasteiger partial charge in [0.15, 0.2) is 5.69 Å². The molecule has 1 saturated heterocycles. The van der Waals surface area contributed by atoms with Gasteiger partial charge in [-0.25, -0.2) is 9.78 Å². The highest BCUT2D eigenvalue weighted by Gasteiger charge is 2.21. The molecule has 3 rings (SSSR count). The van der Waals surface area contributed by atoms with E-state index in [-0.39, 0.29) is 5.69 Å². The lowest BCUT2D eigenvalue weighted by Gasteiger charge is -2.22. The van der Waals surface area contributed by atoms with Crippen molar-refractivity contribution in [3.8, 4) is 0 Å². The number of rotatable bonds is 3. The zero-order chi connectivity index (χ0) is 14.1.